The van der Waals surface area contributed by atoms with Gasteiger partial charge in [-0.1, -0.05) is 13.8 Å². The van der Waals surface area contributed by atoms with Crippen molar-refractivity contribution in [3.8, 4) is 0 Å². The van der Waals surface area contributed by atoms with Gasteiger partial charge < -0.3 is 14.5 Å². The Hall–Kier alpha value is 0.110. The maximum atomic E-state index is 10.8. The normalized spacial score (nSPS) is 20.6. The summed E-state index contributed by atoms with van der Waals surface area (Å²) in [5, 5.41) is 9.02. The standard InChI is InChI=1S/C5H13O4P/c1-4(2)5(6)10(7,8)9-3/h4-6H,1-3H3,(H,7,8). The van der Waals surface area contributed by atoms with E-state index in [1.54, 1.807) is 13.8 Å². The molecule has 0 aliphatic carbocycles. The van der Waals surface area contributed by atoms with Crippen LogP contribution in [0.2, 0.25) is 0 Å². The van der Waals surface area contributed by atoms with Crippen molar-refractivity contribution in [2.75, 3.05) is 7.11 Å². The summed E-state index contributed by atoms with van der Waals surface area (Å²) >= 11 is 0. The molecule has 2 N–H and O–H groups in total. The van der Waals surface area contributed by atoms with Crippen molar-refractivity contribution in [3.63, 3.8) is 0 Å². The fourth-order valence-corrected chi connectivity index (χ4v) is 1.45. The van der Waals surface area contributed by atoms with Gasteiger partial charge in [0, 0.05) is 7.11 Å². The molecule has 0 aromatic rings. The molecule has 0 rings (SSSR count). The number of hydrogen-bond donors (Lipinski definition) is 2. The van der Waals surface area contributed by atoms with Gasteiger partial charge in [-0.25, -0.2) is 0 Å². The van der Waals surface area contributed by atoms with Crippen molar-refractivity contribution < 1.29 is 19.1 Å². The van der Waals surface area contributed by atoms with E-state index in [1.807, 2.05) is 0 Å². The molecule has 0 aromatic heterocycles. The first-order chi connectivity index (χ1) is 4.41. The molecule has 62 valence electrons. The molecule has 0 bridgehead atoms. The van der Waals surface area contributed by atoms with Gasteiger partial charge in [0.1, 0.15) is 0 Å². The molecule has 0 saturated heterocycles. The second-order valence-electron chi connectivity index (χ2n) is 2.40. The topological polar surface area (TPSA) is 66.8 Å². The monoisotopic (exact) mass is 168 g/mol. The van der Waals surface area contributed by atoms with E-state index in [-0.39, 0.29) is 5.92 Å². The van der Waals surface area contributed by atoms with Crippen molar-refractivity contribution in [2.24, 2.45) is 5.92 Å². The highest BCUT2D eigenvalue weighted by Crippen LogP contribution is 2.47. The van der Waals surface area contributed by atoms with Crippen LogP contribution in [0.5, 0.6) is 0 Å². The van der Waals surface area contributed by atoms with E-state index in [0.29, 0.717) is 0 Å². The molecule has 0 saturated carbocycles. The third-order valence-corrected chi connectivity index (χ3v) is 2.98. The lowest BCUT2D eigenvalue weighted by molar-refractivity contribution is 0.152. The van der Waals surface area contributed by atoms with Gasteiger partial charge in [-0.3, -0.25) is 4.57 Å². The summed E-state index contributed by atoms with van der Waals surface area (Å²) in [5.74, 6) is -1.55. The number of aliphatic hydroxyl groups excluding tert-OH is 1. The van der Waals surface area contributed by atoms with Gasteiger partial charge >= 0.3 is 7.60 Å². The summed E-state index contributed by atoms with van der Waals surface area (Å²) in [6.07, 6.45) is 0. The molecule has 2 unspecified atom stereocenters. The van der Waals surface area contributed by atoms with Crippen molar-refractivity contribution >= 4 is 7.60 Å². The van der Waals surface area contributed by atoms with Crippen LogP contribution in [-0.2, 0) is 9.09 Å². The second kappa shape index (κ2) is 3.49. The molecule has 0 aliphatic heterocycles. The molecular weight excluding hydrogens is 155 g/mol. The molecule has 0 amide bonds. The summed E-state index contributed by atoms with van der Waals surface area (Å²) in [6, 6.07) is 0. The molecule has 2 atom stereocenters. The van der Waals surface area contributed by atoms with E-state index in [1.165, 1.54) is 0 Å². The maximum Gasteiger partial charge on any atom is 0.356 e. The highest BCUT2D eigenvalue weighted by molar-refractivity contribution is 7.53. The SMILES string of the molecule is COP(=O)(O)C(O)C(C)C. The summed E-state index contributed by atoms with van der Waals surface area (Å²) in [4.78, 5) is 8.85. The zero-order chi connectivity index (χ0) is 8.36. The lowest BCUT2D eigenvalue weighted by Gasteiger charge is -2.18. The van der Waals surface area contributed by atoms with Crippen molar-refractivity contribution in [1.29, 1.82) is 0 Å². The van der Waals surface area contributed by atoms with E-state index in [2.05, 4.69) is 4.52 Å². The van der Waals surface area contributed by atoms with Crippen LogP contribution in [-0.4, -0.2) is 23.0 Å². The summed E-state index contributed by atoms with van der Waals surface area (Å²) in [6.45, 7) is 3.29. The molecule has 0 aliphatic rings. The zero-order valence-corrected chi connectivity index (χ0v) is 7.21. The lowest BCUT2D eigenvalue weighted by atomic mass is 10.2. The molecular formula is C5H13O4P. The van der Waals surface area contributed by atoms with Crippen molar-refractivity contribution in [3.05, 3.63) is 0 Å². The minimum absolute atomic E-state index is 0.268. The fourth-order valence-electron chi connectivity index (χ4n) is 0.485. The Kier molecular flexibility index (Phi) is 3.52. The third kappa shape index (κ3) is 2.39. The molecule has 0 fully saturated rings. The van der Waals surface area contributed by atoms with Crippen LogP contribution in [0.3, 0.4) is 0 Å². The molecule has 4 nitrogen and oxygen atoms in total. The minimum atomic E-state index is -3.77. The first-order valence-corrected chi connectivity index (χ1v) is 4.62. The molecule has 0 radical (unpaired) electrons. The van der Waals surface area contributed by atoms with E-state index in [4.69, 9.17) is 10.00 Å². The summed E-state index contributed by atoms with van der Waals surface area (Å²) in [7, 11) is -2.66. The first kappa shape index (κ1) is 10.1. The molecule has 10 heavy (non-hydrogen) atoms. The Morgan fingerprint density at radius 2 is 1.90 bits per heavy atom. The Morgan fingerprint density at radius 1 is 1.50 bits per heavy atom. The number of aliphatic hydroxyl groups is 1. The molecule has 5 heteroatoms. The van der Waals surface area contributed by atoms with Crippen LogP contribution in [0.1, 0.15) is 13.8 Å². The zero-order valence-electron chi connectivity index (χ0n) is 6.31. The van der Waals surface area contributed by atoms with Crippen molar-refractivity contribution in [2.45, 2.75) is 19.7 Å². The third-order valence-electron chi connectivity index (χ3n) is 1.19. The molecule has 0 spiro atoms. The van der Waals surface area contributed by atoms with Gasteiger partial charge in [-0.2, -0.15) is 0 Å². The summed E-state index contributed by atoms with van der Waals surface area (Å²) in [5.41, 5.74) is 0. The Morgan fingerprint density at radius 3 is 2.00 bits per heavy atom. The van der Waals surface area contributed by atoms with Gasteiger partial charge in [0.25, 0.3) is 0 Å². The predicted octanol–water partition coefficient (Wildman–Crippen LogP) is 0.793. The van der Waals surface area contributed by atoms with Gasteiger partial charge in [0.2, 0.25) is 0 Å². The van der Waals surface area contributed by atoms with Gasteiger partial charge in [0.05, 0.1) is 0 Å². The lowest BCUT2D eigenvalue weighted by Crippen LogP contribution is -2.15. The Balaban J connectivity index is 4.19. The summed E-state index contributed by atoms with van der Waals surface area (Å²) < 4.78 is 15.0. The molecule has 0 aromatic carbocycles. The van der Waals surface area contributed by atoms with E-state index < -0.39 is 13.4 Å². The second-order valence-corrected chi connectivity index (χ2v) is 4.43. The van der Waals surface area contributed by atoms with Crippen LogP contribution in [0, 0.1) is 5.92 Å². The van der Waals surface area contributed by atoms with Gasteiger partial charge in [0.15, 0.2) is 5.85 Å². The van der Waals surface area contributed by atoms with Crippen molar-refractivity contribution in [1.82, 2.24) is 0 Å². The van der Waals surface area contributed by atoms with E-state index >= 15 is 0 Å². The van der Waals surface area contributed by atoms with E-state index in [9.17, 15) is 4.57 Å². The predicted molar refractivity (Wildman–Crippen MR) is 37.7 cm³/mol. The van der Waals surface area contributed by atoms with Crippen LogP contribution >= 0.6 is 7.60 Å². The van der Waals surface area contributed by atoms with Crippen LogP contribution < -0.4 is 0 Å². The first-order valence-electron chi connectivity index (χ1n) is 2.98. The fraction of sp³-hybridized carbons (Fsp3) is 1.00. The largest absolute Gasteiger partial charge is 0.380 e. The smallest absolute Gasteiger partial charge is 0.356 e. The minimum Gasteiger partial charge on any atom is -0.380 e. The van der Waals surface area contributed by atoms with Gasteiger partial charge in [-0.15, -0.1) is 0 Å². The van der Waals surface area contributed by atoms with Gasteiger partial charge in [-0.05, 0) is 5.92 Å². The van der Waals surface area contributed by atoms with Crippen LogP contribution in [0.25, 0.3) is 0 Å². The quantitative estimate of drug-likeness (QED) is 0.611. The van der Waals surface area contributed by atoms with Crippen LogP contribution in [0.4, 0.5) is 0 Å². The Bertz CT molecular complexity index is 145. The molecule has 0 heterocycles. The maximum absolute atomic E-state index is 10.8. The van der Waals surface area contributed by atoms with Crippen LogP contribution in [0.15, 0.2) is 0 Å². The highest BCUT2D eigenvalue weighted by Gasteiger charge is 2.31. The number of hydrogen-bond acceptors (Lipinski definition) is 3. The average molecular weight is 168 g/mol. The highest BCUT2D eigenvalue weighted by atomic mass is 31.2. The Labute approximate surface area is 60.4 Å². The van der Waals surface area contributed by atoms with E-state index in [0.717, 1.165) is 7.11 Å². The average Bonchev–Trinajstić information content (AvgIpc) is 1.86. The number of rotatable bonds is 3.